The lowest BCUT2D eigenvalue weighted by atomic mass is 10.2. The number of carbonyl (C=O) groups is 1. The van der Waals surface area contributed by atoms with Gasteiger partial charge in [-0.25, -0.2) is 19.0 Å². The van der Waals surface area contributed by atoms with E-state index in [0.717, 1.165) is 0 Å². The molecule has 0 saturated heterocycles. The Bertz CT molecular complexity index is 1070. The molecule has 25 heavy (non-hydrogen) atoms. The van der Waals surface area contributed by atoms with Gasteiger partial charge >= 0.3 is 0 Å². The second-order valence-corrected chi connectivity index (χ2v) is 6.51. The summed E-state index contributed by atoms with van der Waals surface area (Å²) in [6.07, 6.45) is 1.36. The van der Waals surface area contributed by atoms with E-state index in [1.807, 2.05) is 0 Å². The number of sulfonamides is 1. The van der Waals surface area contributed by atoms with E-state index in [4.69, 9.17) is 5.14 Å². The Labute approximate surface area is 141 Å². The minimum atomic E-state index is -3.81. The second-order valence-electron chi connectivity index (χ2n) is 4.95. The van der Waals surface area contributed by atoms with Crippen molar-refractivity contribution in [2.45, 2.75) is 4.90 Å². The molecule has 1 heterocycles. The van der Waals surface area contributed by atoms with Gasteiger partial charge in [0.1, 0.15) is 0 Å². The number of primary sulfonamides is 1. The predicted molar refractivity (Wildman–Crippen MR) is 85.8 cm³/mol. The molecule has 0 bridgehead atoms. The highest BCUT2D eigenvalue weighted by molar-refractivity contribution is 7.89. The van der Waals surface area contributed by atoms with E-state index in [1.54, 1.807) is 12.1 Å². The Kier molecular flexibility index (Phi) is 4.17. The van der Waals surface area contributed by atoms with Crippen molar-refractivity contribution in [1.82, 2.24) is 10.6 Å². The van der Waals surface area contributed by atoms with Gasteiger partial charge in [-0.15, -0.1) is 0 Å². The van der Waals surface area contributed by atoms with E-state index < -0.39 is 15.9 Å². The fourth-order valence-electron chi connectivity index (χ4n) is 2.00. The monoisotopic (exact) mass is 361 g/mol. The quantitative estimate of drug-likeness (QED) is 0.375. The average Bonchev–Trinajstić information content (AvgIpc) is 2.95. The number of fused-ring (bicyclic) bond motifs is 1. The number of benzene rings is 2. The third-order valence-electron chi connectivity index (χ3n) is 3.23. The first-order valence-corrected chi connectivity index (χ1v) is 8.35. The van der Waals surface area contributed by atoms with Crippen molar-refractivity contribution in [2.24, 2.45) is 10.2 Å². The summed E-state index contributed by atoms with van der Waals surface area (Å²) in [6.45, 7) is 0. The van der Waals surface area contributed by atoms with Crippen LogP contribution in [-0.2, 0) is 10.0 Å². The number of hydrazone groups is 1. The molecule has 0 aliphatic rings. The summed E-state index contributed by atoms with van der Waals surface area (Å²) in [5, 5.41) is 23.5. The lowest BCUT2D eigenvalue weighted by Crippen LogP contribution is -2.22. The van der Waals surface area contributed by atoms with Gasteiger partial charge in [0.15, 0.2) is 0 Å². The van der Waals surface area contributed by atoms with E-state index in [9.17, 15) is 18.4 Å². The first-order valence-electron chi connectivity index (χ1n) is 6.80. The lowest BCUT2D eigenvalue weighted by Gasteiger charge is -2.01. The molecule has 2 aromatic carbocycles. The number of hydrogen-bond acceptors (Lipinski definition) is 7. The summed E-state index contributed by atoms with van der Waals surface area (Å²) in [7, 11) is -3.81. The van der Waals surface area contributed by atoms with Gasteiger partial charge < -0.3 is 5.21 Å². The first-order chi connectivity index (χ1) is 11.8. The van der Waals surface area contributed by atoms with E-state index in [1.165, 1.54) is 36.5 Å². The van der Waals surface area contributed by atoms with Crippen LogP contribution in [-0.4, -0.2) is 25.7 Å². The minimum Gasteiger partial charge on any atom is -0.359 e. The molecule has 3 N–H and O–H groups in total. The average molecular weight is 361 g/mol. The van der Waals surface area contributed by atoms with E-state index in [-0.39, 0.29) is 20.9 Å². The van der Waals surface area contributed by atoms with Gasteiger partial charge in [0.05, 0.1) is 11.1 Å². The number of carbonyl (C=O) groups excluding carboxylic acids is 1. The predicted octanol–water partition coefficient (Wildman–Crippen LogP) is -0.127. The van der Waals surface area contributed by atoms with Gasteiger partial charge in [-0.2, -0.15) is 5.10 Å². The molecule has 1 amide bonds. The molecule has 128 valence electrons. The Morgan fingerprint density at radius 3 is 2.68 bits per heavy atom. The van der Waals surface area contributed by atoms with Crippen LogP contribution in [0.4, 0.5) is 0 Å². The molecular weight excluding hydrogens is 350 g/mol. The number of nitrogens with zero attached hydrogens (tertiary/aromatic N) is 3. The third-order valence-corrected chi connectivity index (χ3v) is 4.16. The van der Waals surface area contributed by atoms with Crippen molar-refractivity contribution in [3.63, 3.8) is 0 Å². The van der Waals surface area contributed by atoms with Crippen molar-refractivity contribution in [2.75, 3.05) is 0 Å². The number of rotatable bonds is 4. The van der Waals surface area contributed by atoms with Gasteiger partial charge in [0.2, 0.25) is 21.1 Å². The number of amides is 1. The summed E-state index contributed by atoms with van der Waals surface area (Å²) in [5.41, 5.74) is 3.72. The highest BCUT2D eigenvalue weighted by Crippen LogP contribution is 2.10. The largest absolute Gasteiger partial charge is 0.359 e. The van der Waals surface area contributed by atoms with Crippen LogP contribution in [0.3, 0.4) is 0 Å². The number of aromatic nitrogens is 2. The molecule has 0 spiro atoms. The Hall–Kier alpha value is -3.31. The molecule has 0 atom stereocenters. The van der Waals surface area contributed by atoms with Crippen molar-refractivity contribution in [1.29, 1.82) is 0 Å². The molecule has 0 saturated carbocycles. The standard InChI is InChI=1S/C14H11N5O5S/c15-25(22,23)11-4-2-10(3-5-11)14(20)17-16-8-9-1-6-13-12(7-9)18-24-19(13)21/h1-8H,(H,17,20)(H2,15,22,23)/b16-8+. The van der Waals surface area contributed by atoms with Crippen LogP contribution in [0.2, 0.25) is 0 Å². The minimum absolute atomic E-state index is 0.0934. The van der Waals surface area contributed by atoms with Gasteiger partial charge in [0.25, 0.3) is 5.91 Å². The highest BCUT2D eigenvalue weighted by atomic mass is 32.2. The summed E-state index contributed by atoms with van der Waals surface area (Å²) in [4.78, 5) is 12.1. The Morgan fingerprint density at radius 1 is 1.28 bits per heavy atom. The Balaban J connectivity index is 1.69. The SMILES string of the molecule is NS(=O)(=O)c1ccc(C(=O)N/N=C/c2ccc3c(c2)no[n+]3[O-])cc1. The van der Waals surface area contributed by atoms with Crippen molar-refractivity contribution in [3.8, 4) is 0 Å². The summed E-state index contributed by atoms with van der Waals surface area (Å²) >= 11 is 0. The molecule has 0 aliphatic heterocycles. The number of nitrogens with two attached hydrogens (primary N) is 1. The summed E-state index contributed by atoms with van der Waals surface area (Å²) in [5.74, 6) is -0.530. The molecule has 0 radical (unpaired) electrons. The highest BCUT2D eigenvalue weighted by Gasteiger charge is 2.10. The van der Waals surface area contributed by atoms with Crippen LogP contribution < -0.4 is 15.5 Å². The topological polar surface area (TPSA) is 155 Å². The van der Waals surface area contributed by atoms with Crippen LogP contribution in [0.1, 0.15) is 15.9 Å². The zero-order chi connectivity index (χ0) is 18.0. The van der Waals surface area contributed by atoms with Crippen molar-refractivity contribution >= 4 is 33.2 Å². The van der Waals surface area contributed by atoms with Crippen LogP contribution in [0.15, 0.2) is 57.1 Å². The molecule has 0 fully saturated rings. The summed E-state index contributed by atoms with van der Waals surface area (Å²) < 4.78 is 26.8. The normalized spacial score (nSPS) is 11.9. The van der Waals surface area contributed by atoms with Crippen LogP contribution >= 0.6 is 0 Å². The molecular formula is C14H11N5O5S. The Morgan fingerprint density at radius 2 is 2.00 bits per heavy atom. The fourth-order valence-corrected chi connectivity index (χ4v) is 2.51. The zero-order valence-electron chi connectivity index (χ0n) is 12.5. The molecule has 0 unspecified atom stereocenters. The maximum Gasteiger partial charge on any atom is 0.271 e. The van der Waals surface area contributed by atoms with E-state index >= 15 is 0 Å². The number of nitrogens with one attached hydrogen (secondary N) is 1. The third kappa shape index (κ3) is 3.62. The maximum atomic E-state index is 11.9. The number of hydrogen-bond donors (Lipinski definition) is 2. The molecule has 10 nitrogen and oxygen atoms in total. The molecule has 3 aromatic rings. The van der Waals surface area contributed by atoms with E-state index in [2.05, 4.69) is 20.3 Å². The van der Waals surface area contributed by atoms with Crippen LogP contribution in [0.25, 0.3) is 11.0 Å². The lowest BCUT2D eigenvalue weighted by molar-refractivity contribution is -0.782. The fraction of sp³-hybridized carbons (Fsp3) is 0. The second kappa shape index (κ2) is 6.30. The maximum absolute atomic E-state index is 11.9. The van der Waals surface area contributed by atoms with Gasteiger partial charge in [-0.3, -0.25) is 9.42 Å². The molecule has 1 aromatic heterocycles. The summed E-state index contributed by atoms with van der Waals surface area (Å²) in [6, 6.07) is 9.76. The van der Waals surface area contributed by atoms with Gasteiger partial charge in [0, 0.05) is 16.8 Å². The van der Waals surface area contributed by atoms with Crippen LogP contribution in [0, 0.1) is 5.21 Å². The molecule has 11 heteroatoms. The molecule has 0 aliphatic carbocycles. The molecule has 3 rings (SSSR count). The zero-order valence-corrected chi connectivity index (χ0v) is 13.3. The van der Waals surface area contributed by atoms with Crippen molar-refractivity contribution in [3.05, 3.63) is 58.8 Å². The van der Waals surface area contributed by atoms with E-state index in [0.29, 0.717) is 11.1 Å². The van der Waals surface area contributed by atoms with Crippen LogP contribution in [0.5, 0.6) is 0 Å². The van der Waals surface area contributed by atoms with Gasteiger partial charge in [-0.1, -0.05) is 0 Å². The van der Waals surface area contributed by atoms with Gasteiger partial charge in [-0.05, 0) is 46.9 Å². The first kappa shape index (κ1) is 16.5. The van der Waals surface area contributed by atoms with Crippen molar-refractivity contribution < 1.29 is 22.7 Å². The smallest absolute Gasteiger partial charge is 0.271 e.